The van der Waals surface area contributed by atoms with Crippen LogP contribution in [0, 0.1) is 19.8 Å². The van der Waals surface area contributed by atoms with Crippen LogP contribution in [-0.2, 0) is 11.3 Å². The minimum Gasteiger partial charge on any atom is -0.475 e. The van der Waals surface area contributed by atoms with Gasteiger partial charge < -0.3 is 10.0 Å². The highest BCUT2D eigenvalue weighted by molar-refractivity contribution is 6.33. The second-order valence-electron chi connectivity index (χ2n) is 8.95. The Morgan fingerprint density at radius 2 is 1.91 bits per heavy atom. The number of aliphatic carboxylic acids is 1. The van der Waals surface area contributed by atoms with E-state index in [1.807, 2.05) is 6.07 Å². The lowest BCUT2D eigenvalue weighted by Crippen LogP contribution is -2.42. The highest BCUT2D eigenvalue weighted by atomic mass is 35.5. The fourth-order valence-corrected chi connectivity index (χ4v) is 4.63. The van der Waals surface area contributed by atoms with E-state index >= 15 is 0 Å². The molecule has 1 aliphatic carbocycles. The molecule has 10 heteroatoms. The van der Waals surface area contributed by atoms with E-state index in [1.165, 1.54) is 18.5 Å². The summed E-state index contributed by atoms with van der Waals surface area (Å²) < 4.78 is 33.9. The number of anilines is 1. The Morgan fingerprint density at radius 1 is 1.24 bits per heavy atom. The fraction of sp³-hybridized carbons (Fsp3) is 0.458. The van der Waals surface area contributed by atoms with Gasteiger partial charge >= 0.3 is 12.1 Å². The van der Waals surface area contributed by atoms with Crippen LogP contribution in [0.4, 0.5) is 18.9 Å². The van der Waals surface area contributed by atoms with Crippen LogP contribution in [-0.4, -0.2) is 44.6 Å². The Labute approximate surface area is 200 Å². The lowest BCUT2D eigenvalue weighted by atomic mass is 10.0. The number of carboxylic acid groups (broad SMARTS) is 1. The lowest BCUT2D eigenvalue weighted by molar-refractivity contribution is -0.192. The van der Waals surface area contributed by atoms with Gasteiger partial charge in [0.1, 0.15) is 16.7 Å². The molecule has 0 spiro atoms. The first kappa shape index (κ1) is 24.3. The van der Waals surface area contributed by atoms with Crippen molar-refractivity contribution >= 4 is 34.3 Å². The maximum absolute atomic E-state index is 10.6. The van der Waals surface area contributed by atoms with Crippen LogP contribution in [0.25, 0.3) is 22.3 Å². The smallest absolute Gasteiger partial charge is 0.475 e. The molecule has 1 atom stereocenters. The van der Waals surface area contributed by atoms with Gasteiger partial charge in [-0.1, -0.05) is 30.7 Å². The van der Waals surface area contributed by atoms with Crippen molar-refractivity contribution in [2.24, 2.45) is 5.92 Å². The van der Waals surface area contributed by atoms with Gasteiger partial charge in [-0.2, -0.15) is 18.3 Å². The third kappa shape index (κ3) is 4.85. The normalized spacial score (nSPS) is 17.5. The minimum atomic E-state index is -5.08. The molecular weight excluding hydrogens is 469 g/mol. The summed E-state index contributed by atoms with van der Waals surface area (Å²) in [5, 5.41) is 12.9. The number of halogens is 4. The molecule has 1 N–H and O–H groups in total. The lowest BCUT2D eigenvalue weighted by Gasteiger charge is -2.37. The monoisotopic (exact) mass is 494 g/mol. The first-order valence-corrected chi connectivity index (χ1v) is 11.6. The van der Waals surface area contributed by atoms with E-state index in [4.69, 9.17) is 31.6 Å². The van der Waals surface area contributed by atoms with Crippen molar-refractivity contribution in [2.75, 3.05) is 11.4 Å². The fourth-order valence-electron chi connectivity index (χ4n) is 4.30. The van der Waals surface area contributed by atoms with Gasteiger partial charge in [0, 0.05) is 23.8 Å². The highest BCUT2D eigenvalue weighted by Gasteiger charge is 2.38. The maximum atomic E-state index is 10.6. The zero-order valence-electron chi connectivity index (χ0n) is 19.2. The van der Waals surface area contributed by atoms with E-state index in [0.29, 0.717) is 6.04 Å². The van der Waals surface area contributed by atoms with Crippen molar-refractivity contribution in [3.8, 4) is 11.3 Å². The molecule has 2 aromatic heterocycles. The summed E-state index contributed by atoms with van der Waals surface area (Å²) in [4.78, 5) is 16.4. The van der Waals surface area contributed by atoms with E-state index in [-0.39, 0.29) is 0 Å². The van der Waals surface area contributed by atoms with E-state index in [9.17, 15) is 13.2 Å². The molecule has 0 radical (unpaired) electrons. The number of nitrogens with zero attached hydrogens (tertiary/aromatic N) is 4. The summed E-state index contributed by atoms with van der Waals surface area (Å²) in [5.74, 6) is -1.91. The standard InChI is InChI=1S/C22H25ClN4.C2HF3O2/c1-4-16-12-27-22-19(26(16)11-15-6-7-15)10-14(3)24-21(22)20(25-27)17-8-5-13(2)9-18(17)23;3-2(4,5)1(6)7/h5,8-10,15-16H,4,6-7,11-12H2,1-3H3;(H,6,7)/t16-;/m0./s1. The number of hydrogen-bond donors (Lipinski definition) is 1. The van der Waals surface area contributed by atoms with Crippen molar-refractivity contribution in [2.45, 2.75) is 58.8 Å². The van der Waals surface area contributed by atoms with Crippen LogP contribution in [0.15, 0.2) is 24.3 Å². The summed E-state index contributed by atoms with van der Waals surface area (Å²) in [5.41, 5.74) is 7.51. The number of aryl methyl sites for hydroxylation is 2. The van der Waals surface area contributed by atoms with Gasteiger partial charge in [0.25, 0.3) is 0 Å². The third-order valence-corrected chi connectivity index (χ3v) is 6.50. The van der Waals surface area contributed by atoms with Gasteiger partial charge in [0.05, 0.1) is 17.3 Å². The minimum absolute atomic E-state index is 0.490. The Bertz CT molecular complexity index is 1240. The van der Waals surface area contributed by atoms with Crippen molar-refractivity contribution in [1.82, 2.24) is 14.8 Å². The number of benzene rings is 1. The molecule has 1 fully saturated rings. The SMILES string of the molecule is CC[C@H]1Cn2nc(-c3ccc(C)cc3Cl)c3nc(C)cc(c32)N1CC1CC1.O=C(O)C(F)(F)F. The quantitative estimate of drug-likeness (QED) is 0.481. The van der Waals surface area contributed by atoms with Crippen molar-refractivity contribution in [3.05, 3.63) is 40.5 Å². The van der Waals surface area contributed by atoms with E-state index in [2.05, 4.69) is 48.6 Å². The summed E-state index contributed by atoms with van der Waals surface area (Å²) in [6.45, 7) is 8.49. The molecule has 3 aromatic rings. The number of pyridine rings is 1. The summed E-state index contributed by atoms with van der Waals surface area (Å²) in [6.07, 6.45) is -1.23. The number of alkyl halides is 3. The van der Waals surface area contributed by atoms with Gasteiger partial charge in [0.15, 0.2) is 0 Å². The highest BCUT2D eigenvalue weighted by Crippen LogP contribution is 2.41. The van der Waals surface area contributed by atoms with Crippen LogP contribution in [0.3, 0.4) is 0 Å². The Balaban J connectivity index is 0.000000344. The molecule has 5 rings (SSSR count). The Kier molecular flexibility index (Phi) is 6.50. The molecule has 1 saturated carbocycles. The topological polar surface area (TPSA) is 71.2 Å². The summed E-state index contributed by atoms with van der Waals surface area (Å²) in [7, 11) is 0. The maximum Gasteiger partial charge on any atom is 0.490 e. The second-order valence-corrected chi connectivity index (χ2v) is 9.36. The molecule has 0 amide bonds. The van der Waals surface area contributed by atoms with Gasteiger partial charge in [-0.25, -0.2) is 9.78 Å². The Morgan fingerprint density at radius 3 is 2.47 bits per heavy atom. The molecule has 2 aliphatic rings. The first-order valence-electron chi connectivity index (χ1n) is 11.2. The van der Waals surface area contributed by atoms with Crippen molar-refractivity contribution in [3.63, 3.8) is 0 Å². The van der Waals surface area contributed by atoms with Gasteiger partial charge in [0.2, 0.25) is 0 Å². The van der Waals surface area contributed by atoms with Crippen LogP contribution in [0.1, 0.15) is 37.4 Å². The zero-order valence-corrected chi connectivity index (χ0v) is 19.9. The summed E-state index contributed by atoms with van der Waals surface area (Å²) in [6, 6.07) is 8.91. The van der Waals surface area contributed by atoms with E-state index in [1.54, 1.807) is 0 Å². The largest absolute Gasteiger partial charge is 0.490 e. The van der Waals surface area contributed by atoms with Crippen LogP contribution in [0.5, 0.6) is 0 Å². The van der Waals surface area contributed by atoms with Gasteiger partial charge in [-0.05, 0) is 56.7 Å². The predicted octanol–water partition coefficient (Wildman–Crippen LogP) is 6.01. The average molecular weight is 495 g/mol. The molecule has 1 aliphatic heterocycles. The van der Waals surface area contributed by atoms with Crippen LogP contribution >= 0.6 is 11.6 Å². The molecular formula is C24H26ClF3N4O2. The van der Waals surface area contributed by atoms with E-state index in [0.717, 1.165) is 64.0 Å². The molecule has 6 nitrogen and oxygen atoms in total. The summed E-state index contributed by atoms with van der Waals surface area (Å²) >= 11 is 6.59. The zero-order chi connectivity index (χ0) is 24.8. The Hall–Kier alpha value is -2.81. The van der Waals surface area contributed by atoms with Gasteiger partial charge in [-0.15, -0.1) is 0 Å². The van der Waals surface area contributed by atoms with Crippen LogP contribution in [0.2, 0.25) is 5.02 Å². The molecule has 1 aromatic carbocycles. The molecule has 3 heterocycles. The molecule has 0 bridgehead atoms. The number of aromatic nitrogens is 3. The third-order valence-electron chi connectivity index (χ3n) is 6.18. The second kappa shape index (κ2) is 9.09. The number of carboxylic acids is 1. The van der Waals surface area contributed by atoms with Gasteiger partial charge in [-0.3, -0.25) is 4.68 Å². The predicted molar refractivity (Wildman–Crippen MR) is 125 cm³/mol. The number of carbonyl (C=O) groups is 1. The molecule has 34 heavy (non-hydrogen) atoms. The van der Waals surface area contributed by atoms with E-state index < -0.39 is 12.1 Å². The molecule has 0 saturated heterocycles. The molecule has 182 valence electrons. The average Bonchev–Trinajstić information content (AvgIpc) is 3.50. The number of hydrogen-bond acceptors (Lipinski definition) is 4. The van der Waals surface area contributed by atoms with Crippen molar-refractivity contribution in [1.29, 1.82) is 0 Å². The molecule has 0 unspecified atom stereocenters. The first-order chi connectivity index (χ1) is 16.0. The van der Waals surface area contributed by atoms with Crippen molar-refractivity contribution < 1.29 is 23.1 Å². The number of rotatable bonds is 4. The van der Waals surface area contributed by atoms with Crippen LogP contribution < -0.4 is 4.90 Å².